The number of hydrogen-bond acceptors (Lipinski definition) is 8. The first-order valence-electron chi connectivity index (χ1n) is 10.6. The number of benzene rings is 1. The van der Waals surface area contributed by atoms with Crippen LogP contribution in [0.15, 0.2) is 52.1 Å². The first-order chi connectivity index (χ1) is 16.7. The zero-order chi connectivity index (χ0) is 25.2. The van der Waals surface area contributed by atoms with Crippen LogP contribution in [-0.2, 0) is 23.1 Å². The van der Waals surface area contributed by atoms with Crippen molar-refractivity contribution in [1.82, 2.24) is 19.7 Å². The van der Waals surface area contributed by atoms with Gasteiger partial charge in [0, 0.05) is 49.1 Å². The van der Waals surface area contributed by atoms with Gasteiger partial charge in [-0.2, -0.15) is 8.42 Å². The summed E-state index contributed by atoms with van der Waals surface area (Å²) in [6, 6.07) is 6.63. The monoisotopic (exact) mass is 523 g/mol. The van der Waals surface area contributed by atoms with E-state index in [1.807, 2.05) is 29.4 Å². The van der Waals surface area contributed by atoms with E-state index in [1.165, 1.54) is 19.3 Å². The normalized spacial score (nSPS) is 11.2. The van der Waals surface area contributed by atoms with Gasteiger partial charge in [0.05, 0.1) is 0 Å². The fraction of sp³-hybridized carbons (Fsp3) is 0.217. The molecule has 3 aromatic heterocycles. The van der Waals surface area contributed by atoms with Crippen LogP contribution in [0.3, 0.4) is 0 Å². The summed E-state index contributed by atoms with van der Waals surface area (Å²) in [5.41, 5.74) is 1.49. The van der Waals surface area contributed by atoms with E-state index in [0.29, 0.717) is 28.7 Å². The van der Waals surface area contributed by atoms with Gasteiger partial charge in [0.15, 0.2) is 11.6 Å². The Bertz CT molecular complexity index is 1570. The molecule has 0 bridgehead atoms. The molecule has 0 fully saturated rings. The fourth-order valence-electron chi connectivity index (χ4n) is 3.63. The van der Waals surface area contributed by atoms with Gasteiger partial charge in [0.25, 0.3) is 10.2 Å². The summed E-state index contributed by atoms with van der Waals surface area (Å²) in [4.78, 5) is 24.8. The molecule has 0 aliphatic rings. The number of anilines is 1. The van der Waals surface area contributed by atoms with Crippen LogP contribution < -0.4 is 19.8 Å². The fourth-order valence-corrected chi connectivity index (χ4v) is 4.13. The van der Waals surface area contributed by atoms with Crippen LogP contribution >= 0.6 is 0 Å². The Morgan fingerprint density at radius 2 is 1.83 bits per heavy atom. The molecule has 1 aromatic carbocycles. The van der Waals surface area contributed by atoms with Crippen LogP contribution in [0.2, 0.25) is 0 Å². The summed E-state index contributed by atoms with van der Waals surface area (Å²) in [6.45, 7) is 3.72. The number of fused-ring (bicyclic) bond motifs is 1. The van der Waals surface area contributed by atoms with Gasteiger partial charge in [-0.3, -0.25) is 4.72 Å². The van der Waals surface area contributed by atoms with Gasteiger partial charge in [-0.1, -0.05) is 6.92 Å². The standard InChI is InChI=1S/C23H22FN5O5S.Na.H/c1-4-15-16-10-13(2)18(34-23-27-7-5-8-28-23)12-19(16)33-22(30)17(15)11-14-6-9-26-21(20(14)24)29-35(31,32)25-3;;/h5-10,12,25H,4,11H2,1-3H3,(H,26,29);;. The van der Waals surface area contributed by atoms with E-state index >= 15 is 4.39 Å². The van der Waals surface area contributed by atoms with Crippen LogP contribution in [-0.4, -0.2) is 60.0 Å². The summed E-state index contributed by atoms with van der Waals surface area (Å²) in [7, 11) is -2.79. The molecule has 0 radical (unpaired) electrons. The molecular weight excluding hydrogens is 500 g/mol. The Morgan fingerprint density at radius 3 is 2.50 bits per heavy atom. The Hall–Kier alpha value is -2.90. The average molecular weight is 524 g/mol. The zero-order valence-electron chi connectivity index (χ0n) is 19.1. The molecule has 36 heavy (non-hydrogen) atoms. The van der Waals surface area contributed by atoms with Crippen molar-refractivity contribution >= 4 is 56.6 Å². The van der Waals surface area contributed by atoms with Gasteiger partial charge in [0.1, 0.15) is 11.3 Å². The number of halogens is 1. The van der Waals surface area contributed by atoms with Crippen molar-refractivity contribution in [2.24, 2.45) is 0 Å². The number of rotatable bonds is 8. The molecule has 0 saturated heterocycles. The second-order valence-corrected chi connectivity index (χ2v) is 9.19. The summed E-state index contributed by atoms with van der Waals surface area (Å²) in [5, 5.41) is 0.687. The topological polar surface area (TPSA) is 136 Å². The molecule has 10 nitrogen and oxygen atoms in total. The Kier molecular flexibility index (Phi) is 8.80. The van der Waals surface area contributed by atoms with Crippen LogP contribution in [0.25, 0.3) is 11.0 Å². The van der Waals surface area contributed by atoms with E-state index in [-0.39, 0.29) is 53.1 Å². The van der Waals surface area contributed by atoms with Gasteiger partial charge >= 0.3 is 41.2 Å². The van der Waals surface area contributed by atoms with Gasteiger partial charge < -0.3 is 9.15 Å². The van der Waals surface area contributed by atoms with Crippen molar-refractivity contribution in [1.29, 1.82) is 0 Å². The summed E-state index contributed by atoms with van der Waals surface area (Å²) in [6.07, 6.45) is 4.73. The van der Waals surface area contributed by atoms with Crippen molar-refractivity contribution in [2.75, 3.05) is 11.8 Å². The zero-order valence-corrected chi connectivity index (χ0v) is 19.9. The average Bonchev–Trinajstić information content (AvgIpc) is 2.83. The van der Waals surface area contributed by atoms with Crippen molar-refractivity contribution < 1.29 is 22.0 Å². The van der Waals surface area contributed by atoms with E-state index in [1.54, 1.807) is 24.5 Å². The van der Waals surface area contributed by atoms with Crippen molar-refractivity contribution in [2.45, 2.75) is 26.7 Å². The molecule has 13 heteroatoms. The number of pyridine rings is 1. The maximum atomic E-state index is 15.1. The molecule has 0 spiro atoms. The van der Waals surface area contributed by atoms with Gasteiger partial charge in [-0.25, -0.2) is 28.9 Å². The molecule has 0 aliphatic carbocycles. The van der Waals surface area contributed by atoms with E-state index in [0.717, 1.165) is 5.56 Å². The predicted octanol–water partition coefficient (Wildman–Crippen LogP) is 2.60. The Balaban J connectivity index is 0.00000361. The van der Waals surface area contributed by atoms with E-state index in [4.69, 9.17) is 9.15 Å². The number of aromatic nitrogens is 3. The minimum atomic E-state index is -3.97. The third-order valence-corrected chi connectivity index (χ3v) is 6.35. The molecule has 0 amide bonds. The van der Waals surface area contributed by atoms with E-state index < -0.39 is 27.5 Å². The van der Waals surface area contributed by atoms with E-state index in [2.05, 4.69) is 15.0 Å². The van der Waals surface area contributed by atoms with Gasteiger partial charge in [-0.05, 0) is 48.2 Å². The second kappa shape index (κ2) is 11.4. The molecule has 0 atom stereocenters. The van der Waals surface area contributed by atoms with Crippen LogP contribution in [0.5, 0.6) is 11.8 Å². The third kappa shape index (κ3) is 5.90. The molecule has 3 heterocycles. The van der Waals surface area contributed by atoms with Gasteiger partial charge in [0.2, 0.25) is 0 Å². The van der Waals surface area contributed by atoms with Crippen LogP contribution in [0, 0.1) is 12.7 Å². The Morgan fingerprint density at radius 1 is 1.11 bits per heavy atom. The maximum absolute atomic E-state index is 15.1. The first-order valence-corrected chi connectivity index (χ1v) is 12.1. The molecule has 4 rings (SSSR count). The number of aryl methyl sites for hydroxylation is 2. The van der Waals surface area contributed by atoms with Crippen molar-refractivity contribution in [3.05, 3.63) is 81.3 Å². The second-order valence-electron chi connectivity index (χ2n) is 7.57. The van der Waals surface area contributed by atoms with Gasteiger partial charge in [-0.15, -0.1) is 0 Å². The SMILES string of the molecule is CCc1c(Cc2ccnc(NS(=O)(=O)NC)c2F)c(=O)oc2cc(Oc3ncccn3)c(C)cc12.[NaH]. The molecule has 0 saturated carbocycles. The molecular formula is C23H23FN5NaO5S. The Labute approximate surface area is 228 Å². The summed E-state index contributed by atoms with van der Waals surface area (Å²) < 4.78 is 53.9. The number of nitrogens with one attached hydrogen (secondary N) is 2. The predicted molar refractivity (Wildman–Crippen MR) is 134 cm³/mol. The number of ether oxygens (including phenoxy) is 1. The number of hydrogen-bond donors (Lipinski definition) is 2. The number of nitrogens with zero attached hydrogens (tertiary/aromatic N) is 3. The quantitative estimate of drug-likeness (QED) is 0.266. The van der Waals surface area contributed by atoms with Crippen molar-refractivity contribution in [3.63, 3.8) is 0 Å². The minimum absolute atomic E-state index is 0. The first kappa shape index (κ1) is 27.7. The molecule has 0 unspecified atom stereocenters. The van der Waals surface area contributed by atoms with E-state index in [9.17, 15) is 13.2 Å². The summed E-state index contributed by atoms with van der Waals surface area (Å²) in [5.74, 6) is -0.917. The third-order valence-electron chi connectivity index (χ3n) is 5.35. The molecule has 0 aliphatic heterocycles. The molecule has 4 aromatic rings. The molecule has 2 N–H and O–H groups in total. The summed E-state index contributed by atoms with van der Waals surface area (Å²) >= 11 is 0. The van der Waals surface area contributed by atoms with Crippen LogP contribution in [0.1, 0.15) is 29.2 Å². The van der Waals surface area contributed by atoms with Crippen LogP contribution in [0.4, 0.5) is 10.2 Å². The van der Waals surface area contributed by atoms with Crippen molar-refractivity contribution in [3.8, 4) is 11.8 Å². The molecule has 184 valence electrons.